The molecule has 0 atom stereocenters. The number of nitrogens with two attached hydrogens (primary N) is 1. The van der Waals surface area contributed by atoms with Crippen molar-refractivity contribution in [1.29, 1.82) is 0 Å². The van der Waals surface area contributed by atoms with E-state index in [1.807, 2.05) is 19.3 Å². The number of hydrogen-bond donors (Lipinski definition) is 1. The van der Waals surface area contributed by atoms with Gasteiger partial charge in [-0.25, -0.2) is 0 Å². The van der Waals surface area contributed by atoms with Crippen LogP contribution in [0.15, 0.2) is 18.5 Å². The Morgan fingerprint density at radius 3 is 2.50 bits per heavy atom. The van der Waals surface area contributed by atoms with Crippen LogP contribution in [-0.4, -0.2) is 44.1 Å². The van der Waals surface area contributed by atoms with Crippen molar-refractivity contribution in [2.75, 3.05) is 44.9 Å². The summed E-state index contributed by atoms with van der Waals surface area (Å²) in [6.45, 7) is 1.99. The highest BCUT2D eigenvalue weighted by Crippen LogP contribution is 2.13. The van der Waals surface area contributed by atoms with E-state index in [2.05, 4.69) is 28.9 Å². The van der Waals surface area contributed by atoms with E-state index in [1.165, 1.54) is 0 Å². The summed E-state index contributed by atoms with van der Waals surface area (Å²) in [6.07, 6.45) is 3.48. The number of hydrogen-bond acceptors (Lipinski definition) is 4. The van der Waals surface area contributed by atoms with E-state index >= 15 is 0 Å². The van der Waals surface area contributed by atoms with Crippen LogP contribution in [-0.2, 0) is 0 Å². The molecule has 78 valence electrons. The molecule has 0 aliphatic heterocycles. The molecule has 0 fully saturated rings. The Morgan fingerprint density at radius 2 is 1.93 bits per heavy atom. The molecule has 0 amide bonds. The van der Waals surface area contributed by atoms with E-state index < -0.39 is 0 Å². The van der Waals surface area contributed by atoms with Crippen LogP contribution < -0.4 is 10.6 Å². The first-order chi connectivity index (χ1) is 6.59. The highest BCUT2D eigenvalue weighted by molar-refractivity contribution is 5.52. The molecule has 0 unspecified atom stereocenters. The fourth-order valence-electron chi connectivity index (χ4n) is 1.13. The number of anilines is 2. The predicted octanol–water partition coefficient (Wildman–Crippen LogP) is 0.662. The maximum atomic E-state index is 5.65. The molecule has 0 aliphatic carbocycles. The van der Waals surface area contributed by atoms with Crippen LogP contribution in [0.2, 0.25) is 0 Å². The second-order valence-corrected chi connectivity index (χ2v) is 3.70. The first kappa shape index (κ1) is 10.8. The van der Waals surface area contributed by atoms with Gasteiger partial charge in [0, 0.05) is 26.3 Å². The largest absolute Gasteiger partial charge is 0.397 e. The third-order valence-corrected chi connectivity index (χ3v) is 2.07. The van der Waals surface area contributed by atoms with Crippen LogP contribution in [0.3, 0.4) is 0 Å². The van der Waals surface area contributed by atoms with Crippen LogP contribution >= 0.6 is 0 Å². The molecule has 0 bridgehead atoms. The minimum absolute atomic E-state index is 0.708. The van der Waals surface area contributed by atoms with Gasteiger partial charge in [-0.3, -0.25) is 4.98 Å². The lowest BCUT2D eigenvalue weighted by Crippen LogP contribution is -2.28. The molecule has 0 aliphatic rings. The second-order valence-electron chi connectivity index (χ2n) is 3.70. The molecular weight excluding hydrogens is 176 g/mol. The van der Waals surface area contributed by atoms with E-state index in [9.17, 15) is 0 Å². The predicted molar refractivity (Wildman–Crippen MR) is 60.5 cm³/mol. The number of pyridine rings is 1. The van der Waals surface area contributed by atoms with Gasteiger partial charge in [0.1, 0.15) is 0 Å². The molecule has 0 radical (unpaired) electrons. The van der Waals surface area contributed by atoms with Crippen molar-refractivity contribution < 1.29 is 0 Å². The summed E-state index contributed by atoms with van der Waals surface area (Å²) in [6, 6.07) is 1.93. The SMILES string of the molecule is CN(C)CCN(C)c1cncc(N)c1. The van der Waals surface area contributed by atoms with Crippen molar-refractivity contribution in [2.45, 2.75) is 0 Å². The lowest BCUT2D eigenvalue weighted by atomic mass is 10.3. The van der Waals surface area contributed by atoms with Gasteiger partial charge in [0.05, 0.1) is 17.6 Å². The molecule has 1 heterocycles. The third kappa shape index (κ3) is 3.22. The fraction of sp³-hybridized carbons (Fsp3) is 0.500. The van der Waals surface area contributed by atoms with Crippen molar-refractivity contribution in [2.24, 2.45) is 0 Å². The molecule has 0 saturated heterocycles. The molecule has 4 heteroatoms. The van der Waals surface area contributed by atoms with E-state index in [0.717, 1.165) is 18.8 Å². The van der Waals surface area contributed by atoms with Crippen LogP contribution in [0.5, 0.6) is 0 Å². The molecule has 14 heavy (non-hydrogen) atoms. The highest BCUT2D eigenvalue weighted by Gasteiger charge is 2.01. The zero-order valence-corrected chi connectivity index (χ0v) is 9.07. The van der Waals surface area contributed by atoms with Crippen molar-refractivity contribution in [3.63, 3.8) is 0 Å². The van der Waals surface area contributed by atoms with Gasteiger partial charge in [0.15, 0.2) is 0 Å². The monoisotopic (exact) mass is 194 g/mol. The van der Waals surface area contributed by atoms with E-state index in [-0.39, 0.29) is 0 Å². The second kappa shape index (κ2) is 4.81. The fourth-order valence-corrected chi connectivity index (χ4v) is 1.13. The summed E-state index contributed by atoms with van der Waals surface area (Å²) in [4.78, 5) is 8.34. The van der Waals surface area contributed by atoms with Crippen molar-refractivity contribution in [3.8, 4) is 0 Å². The number of rotatable bonds is 4. The Labute approximate surface area is 85.3 Å². The molecule has 1 rings (SSSR count). The summed E-state index contributed by atoms with van der Waals surface area (Å²) in [7, 11) is 6.16. The molecule has 4 nitrogen and oxygen atoms in total. The Kier molecular flexibility index (Phi) is 3.71. The van der Waals surface area contributed by atoms with Crippen LogP contribution in [0, 0.1) is 0 Å². The summed E-state index contributed by atoms with van der Waals surface area (Å²) in [5, 5.41) is 0. The first-order valence-electron chi connectivity index (χ1n) is 4.66. The van der Waals surface area contributed by atoms with Gasteiger partial charge in [-0.05, 0) is 20.2 Å². The summed E-state index contributed by atoms with van der Waals surface area (Å²) >= 11 is 0. The molecule has 1 aromatic heterocycles. The van der Waals surface area contributed by atoms with Gasteiger partial charge in [-0.15, -0.1) is 0 Å². The molecule has 0 saturated carbocycles. The van der Waals surface area contributed by atoms with E-state index in [0.29, 0.717) is 5.69 Å². The van der Waals surface area contributed by atoms with Crippen LogP contribution in [0.1, 0.15) is 0 Å². The minimum atomic E-state index is 0.708. The maximum absolute atomic E-state index is 5.65. The first-order valence-corrected chi connectivity index (χ1v) is 4.66. The van der Waals surface area contributed by atoms with Gasteiger partial charge < -0.3 is 15.5 Å². The van der Waals surface area contributed by atoms with E-state index in [4.69, 9.17) is 5.73 Å². The quantitative estimate of drug-likeness (QED) is 0.765. The van der Waals surface area contributed by atoms with Gasteiger partial charge in [-0.1, -0.05) is 0 Å². The zero-order valence-electron chi connectivity index (χ0n) is 9.07. The summed E-state index contributed by atoms with van der Waals surface area (Å²) < 4.78 is 0. The van der Waals surface area contributed by atoms with Crippen molar-refractivity contribution in [1.82, 2.24) is 9.88 Å². The highest BCUT2D eigenvalue weighted by atomic mass is 15.2. The van der Waals surface area contributed by atoms with E-state index in [1.54, 1.807) is 6.20 Å². The molecule has 2 N–H and O–H groups in total. The number of nitrogen functional groups attached to an aromatic ring is 1. The lowest BCUT2D eigenvalue weighted by Gasteiger charge is -2.21. The maximum Gasteiger partial charge on any atom is 0.0571 e. The Bertz CT molecular complexity index is 285. The van der Waals surface area contributed by atoms with Gasteiger partial charge in [0.25, 0.3) is 0 Å². The van der Waals surface area contributed by atoms with Gasteiger partial charge >= 0.3 is 0 Å². The normalized spacial score (nSPS) is 10.6. The molecule has 1 aromatic rings. The Morgan fingerprint density at radius 1 is 1.21 bits per heavy atom. The van der Waals surface area contributed by atoms with Crippen molar-refractivity contribution in [3.05, 3.63) is 18.5 Å². The average molecular weight is 194 g/mol. The Balaban J connectivity index is 2.56. The molecule has 0 aromatic carbocycles. The van der Waals surface area contributed by atoms with Gasteiger partial charge in [0.2, 0.25) is 0 Å². The van der Waals surface area contributed by atoms with Crippen molar-refractivity contribution >= 4 is 11.4 Å². The number of nitrogens with zero attached hydrogens (tertiary/aromatic N) is 3. The standard InChI is InChI=1S/C10H18N4/c1-13(2)4-5-14(3)10-6-9(11)7-12-8-10/h6-8H,4-5,11H2,1-3H3. The summed E-state index contributed by atoms with van der Waals surface area (Å²) in [5.41, 5.74) is 7.42. The average Bonchev–Trinajstić information content (AvgIpc) is 2.14. The molecule has 0 spiro atoms. The van der Waals surface area contributed by atoms with Gasteiger partial charge in [-0.2, -0.15) is 0 Å². The number of likely N-dealkylation sites (N-methyl/N-ethyl adjacent to an activating group) is 2. The van der Waals surface area contributed by atoms with Crippen LogP contribution in [0.4, 0.5) is 11.4 Å². The van der Waals surface area contributed by atoms with Crippen LogP contribution in [0.25, 0.3) is 0 Å². The Hall–Kier alpha value is -1.29. The minimum Gasteiger partial charge on any atom is -0.397 e. The third-order valence-electron chi connectivity index (χ3n) is 2.07. The molecular formula is C10H18N4. The summed E-state index contributed by atoms with van der Waals surface area (Å²) in [5.74, 6) is 0. The number of aromatic nitrogens is 1. The topological polar surface area (TPSA) is 45.4 Å². The lowest BCUT2D eigenvalue weighted by molar-refractivity contribution is 0.416. The zero-order chi connectivity index (χ0) is 10.6. The smallest absolute Gasteiger partial charge is 0.0571 e.